The molecule has 7 heteroatoms. The van der Waals surface area contributed by atoms with Crippen molar-refractivity contribution in [2.75, 3.05) is 0 Å². The summed E-state index contributed by atoms with van der Waals surface area (Å²) in [4.78, 5) is 32.7. The summed E-state index contributed by atoms with van der Waals surface area (Å²) in [5, 5.41) is -0.133. The predicted molar refractivity (Wildman–Crippen MR) is 112 cm³/mol. The van der Waals surface area contributed by atoms with Crippen LogP contribution in [0.1, 0.15) is 36.9 Å². The van der Waals surface area contributed by atoms with Crippen LogP contribution >= 0.6 is 11.6 Å². The number of carbonyl (C=O) groups is 2. The molecule has 5 nitrogen and oxygen atoms in total. The van der Waals surface area contributed by atoms with Crippen molar-refractivity contribution in [3.8, 4) is 0 Å². The number of fused-ring (bicyclic) bond motifs is 1. The van der Waals surface area contributed by atoms with E-state index >= 15 is 0 Å². The molecule has 5 atom stereocenters. The van der Waals surface area contributed by atoms with Gasteiger partial charge >= 0.3 is 0 Å². The normalized spacial score (nSPS) is 30.2. The van der Waals surface area contributed by atoms with Crippen molar-refractivity contribution in [3.63, 3.8) is 0 Å². The Labute approximate surface area is 184 Å². The Morgan fingerprint density at radius 2 is 2.00 bits per heavy atom. The SMILES string of the molecule is CC1CC2OC3=C(C(=O)C2CC1Cl)C(c1ccccc1F)N(Cc1cccnc1)C3=O. The summed E-state index contributed by atoms with van der Waals surface area (Å²) in [5.74, 6) is -1.18. The molecule has 0 saturated heterocycles. The van der Waals surface area contributed by atoms with E-state index in [1.165, 1.54) is 11.0 Å². The van der Waals surface area contributed by atoms with Gasteiger partial charge in [-0.1, -0.05) is 31.2 Å². The van der Waals surface area contributed by atoms with Gasteiger partial charge < -0.3 is 9.64 Å². The minimum atomic E-state index is -0.842. The predicted octanol–water partition coefficient (Wildman–Crippen LogP) is 4.18. The number of aromatic nitrogens is 1. The smallest absolute Gasteiger partial charge is 0.290 e. The summed E-state index contributed by atoms with van der Waals surface area (Å²) < 4.78 is 21.0. The number of hydrogen-bond donors (Lipinski definition) is 0. The van der Waals surface area contributed by atoms with Crippen LogP contribution in [0.25, 0.3) is 0 Å². The Morgan fingerprint density at radius 3 is 2.74 bits per heavy atom. The van der Waals surface area contributed by atoms with E-state index in [4.69, 9.17) is 16.3 Å². The van der Waals surface area contributed by atoms with Crippen LogP contribution < -0.4 is 0 Å². The zero-order chi connectivity index (χ0) is 21.7. The molecule has 160 valence electrons. The third-order valence-corrected chi connectivity index (χ3v) is 7.19. The van der Waals surface area contributed by atoms with Crippen LogP contribution in [0, 0.1) is 17.7 Å². The lowest BCUT2D eigenvalue weighted by Crippen LogP contribution is -2.44. The molecule has 0 bridgehead atoms. The summed E-state index contributed by atoms with van der Waals surface area (Å²) in [5.41, 5.74) is 1.32. The van der Waals surface area contributed by atoms with Crippen molar-refractivity contribution in [3.05, 3.63) is 77.1 Å². The molecule has 1 saturated carbocycles. The highest BCUT2D eigenvalue weighted by atomic mass is 35.5. The Bertz CT molecular complexity index is 1070. The van der Waals surface area contributed by atoms with Crippen molar-refractivity contribution in [2.24, 2.45) is 11.8 Å². The van der Waals surface area contributed by atoms with Crippen LogP contribution in [-0.4, -0.2) is 33.1 Å². The molecule has 5 rings (SSSR count). The van der Waals surface area contributed by atoms with Gasteiger partial charge in [0.15, 0.2) is 11.5 Å². The maximum atomic E-state index is 14.9. The van der Waals surface area contributed by atoms with Crippen LogP contribution in [0.3, 0.4) is 0 Å². The highest BCUT2D eigenvalue weighted by Crippen LogP contribution is 2.48. The summed E-state index contributed by atoms with van der Waals surface area (Å²) >= 11 is 6.47. The number of carbonyl (C=O) groups excluding carboxylic acids is 2. The Morgan fingerprint density at radius 1 is 1.19 bits per heavy atom. The molecule has 1 aromatic carbocycles. The highest BCUT2D eigenvalue weighted by molar-refractivity contribution is 6.21. The zero-order valence-electron chi connectivity index (χ0n) is 17.0. The standard InChI is InChI=1S/C24H22ClFN2O3/c1-13-9-19-16(10-17(13)25)22(29)20-21(15-6-2-3-7-18(15)26)28(24(30)23(20)31-19)12-14-5-4-8-27-11-14/h2-8,11,13,16-17,19,21H,9-10,12H2,1H3. The van der Waals surface area contributed by atoms with Gasteiger partial charge in [-0.2, -0.15) is 0 Å². The topological polar surface area (TPSA) is 59.5 Å². The molecule has 0 spiro atoms. The molecule has 1 amide bonds. The third-order valence-electron chi connectivity index (χ3n) is 6.58. The number of alkyl halides is 1. The lowest BCUT2D eigenvalue weighted by Gasteiger charge is -2.40. The van der Waals surface area contributed by atoms with Crippen LogP contribution in [0.15, 0.2) is 60.1 Å². The molecule has 3 heterocycles. The number of ketones is 1. The zero-order valence-corrected chi connectivity index (χ0v) is 17.8. The van der Waals surface area contributed by atoms with E-state index in [-0.39, 0.29) is 52.5 Å². The molecule has 2 aromatic rings. The van der Waals surface area contributed by atoms with Crippen molar-refractivity contribution in [1.82, 2.24) is 9.88 Å². The average Bonchev–Trinajstić information content (AvgIpc) is 3.03. The van der Waals surface area contributed by atoms with E-state index in [0.717, 1.165) is 5.56 Å². The Balaban J connectivity index is 1.59. The molecule has 0 N–H and O–H groups in total. The quantitative estimate of drug-likeness (QED) is 0.672. The number of Topliss-reactive ketones (excluding diaryl/α,β-unsaturated/α-hetero) is 1. The molecule has 5 unspecified atom stereocenters. The van der Waals surface area contributed by atoms with Crippen molar-refractivity contribution in [2.45, 2.75) is 43.8 Å². The number of benzene rings is 1. The minimum absolute atomic E-state index is 0.0589. The van der Waals surface area contributed by atoms with Crippen molar-refractivity contribution >= 4 is 23.3 Å². The average molecular weight is 441 g/mol. The molecular formula is C24H22ClFN2O3. The van der Waals surface area contributed by atoms with E-state index < -0.39 is 17.8 Å². The maximum absolute atomic E-state index is 14.9. The number of halogens is 2. The van der Waals surface area contributed by atoms with Crippen molar-refractivity contribution in [1.29, 1.82) is 0 Å². The number of ether oxygens (including phenoxy) is 1. The fourth-order valence-electron chi connectivity index (χ4n) is 4.94. The molecule has 1 aromatic heterocycles. The third kappa shape index (κ3) is 3.33. The molecule has 1 fully saturated rings. The van der Waals surface area contributed by atoms with Crippen LogP contribution in [0.2, 0.25) is 0 Å². The van der Waals surface area contributed by atoms with E-state index in [1.807, 2.05) is 13.0 Å². The van der Waals surface area contributed by atoms with Gasteiger partial charge in [0, 0.05) is 29.9 Å². The molecule has 2 aliphatic heterocycles. The van der Waals surface area contributed by atoms with Crippen LogP contribution in [-0.2, 0) is 20.9 Å². The summed E-state index contributed by atoms with van der Waals surface area (Å²) in [6.07, 6.45) is 4.03. The van der Waals surface area contributed by atoms with Crippen molar-refractivity contribution < 1.29 is 18.7 Å². The first-order valence-corrected chi connectivity index (χ1v) is 10.9. The molecule has 3 aliphatic rings. The van der Waals surface area contributed by atoms with Crippen LogP contribution in [0.5, 0.6) is 0 Å². The second-order valence-electron chi connectivity index (χ2n) is 8.55. The van der Waals surface area contributed by atoms with Gasteiger partial charge in [0.1, 0.15) is 11.9 Å². The largest absolute Gasteiger partial charge is 0.483 e. The number of pyridine rings is 1. The first-order valence-electron chi connectivity index (χ1n) is 10.5. The van der Waals surface area contributed by atoms with Gasteiger partial charge in [-0.25, -0.2) is 4.39 Å². The van der Waals surface area contributed by atoms with E-state index in [2.05, 4.69) is 4.98 Å². The Hall–Kier alpha value is -2.73. The van der Waals surface area contributed by atoms with E-state index in [0.29, 0.717) is 12.8 Å². The minimum Gasteiger partial charge on any atom is -0.483 e. The maximum Gasteiger partial charge on any atom is 0.290 e. The van der Waals surface area contributed by atoms with Gasteiger partial charge in [0.05, 0.1) is 17.5 Å². The number of amides is 1. The molecular weight excluding hydrogens is 419 g/mol. The van der Waals surface area contributed by atoms with Crippen LogP contribution in [0.4, 0.5) is 4.39 Å². The molecule has 31 heavy (non-hydrogen) atoms. The van der Waals surface area contributed by atoms with Gasteiger partial charge in [-0.3, -0.25) is 14.6 Å². The molecule has 1 aliphatic carbocycles. The second kappa shape index (κ2) is 7.75. The lowest BCUT2D eigenvalue weighted by atomic mass is 9.74. The lowest BCUT2D eigenvalue weighted by molar-refractivity contribution is -0.136. The van der Waals surface area contributed by atoms with Gasteiger partial charge in [0.2, 0.25) is 0 Å². The fraction of sp³-hybridized carbons (Fsp3) is 0.375. The number of rotatable bonds is 3. The highest BCUT2D eigenvalue weighted by Gasteiger charge is 2.54. The fourth-order valence-corrected chi connectivity index (χ4v) is 5.23. The number of nitrogens with zero attached hydrogens (tertiary/aromatic N) is 2. The Kier molecular flexibility index (Phi) is 5.05. The molecule has 0 radical (unpaired) electrons. The summed E-state index contributed by atoms with van der Waals surface area (Å²) in [7, 11) is 0. The van der Waals surface area contributed by atoms with Gasteiger partial charge in [0.25, 0.3) is 5.91 Å². The summed E-state index contributed by atoms with van der Waals surface area (Å²) in [6, 6.07) is 9.04. The monoisotopic (exact) mass is 440 g/mol. The summed E-state index contributed by atoms with van der Waals surface area (Å²) in [6.45, 7) is 2.22. The van der Waals surface area contributed by atoms with E-state index in [1.54, 1.807) is 36.7 Å². The van der Waals surface area contributed by atoms with Gasteiger partial charge in [-0.15, -0.1) is 11.6 Å². The number of hydrogen-bond acceptors (Lipinski definition) is 4. The second-order valence-corrected chi connectivity index (χ2v) is 9.11. The van der Waals surface area contributed by atoms with Gasteiger partial charge in [-0.05, 0) is 36.5 Å². The first kappa shape index (κ1) is 20.2. The first-order chi connectivity index (χ1) is 15.0. The van der Waals surface area contributed by atoms with E-state index in [9.17, 15) is 14.0 Å².